The van der Waals surface area contributed by atoms with Gasteiger partial charge in [0.2, 0.25) is 5.88 Å². The number of nitrogens with zero attached hydrogens (tertiary/aromatic N) is 2. The molecule has 1 amide bonds. The monoisotopic (exact) mass is 472 g/mol. The summed E-state index contributed by atoms with van der Waals surface area (Å²) in [6.07, 6.45) is 1.94. The van der Waals surface area contributed by atoms with Crippen molar-refractivity contribution in [2.75, 3.05) is 26.9 Å². The van der Waals surface area contributed by atoms with Crippen LogP contribution in [0.4, 0.5) is 4.79 Å². The fourth-order valence-electron chi connectivity index (χ4n) is 6.07. The quantitative estimate of drug-likeness (QED) is 0.616. The van der Waals surface area contributed by atoms with Crippen molar-refractivity contribution in [2.24, 2.45) is 0 Å². The average Bonchev–Trinajstić information content (AvgIpc) is 3.20. The Morgan fingerprint density at radius 1 is 1.03 bits per heavy atom. The van der Waals surface area contributed by atoms with Gasteiger partial charge in [-0.1, -0.05) is 48.5 Å². The molecule has 2 unspecified atom stereocenters. The van der Waals surface area contributed by atoms with Crippen LogP contribution in [0.5, 0.6) is 5.88 Å². The molecule has 1 aromatic heterocycles. The molecule has 7 heteroatoms. The number of methoxy groups -OCH3 is 1. The van der Waals surface area contributed by atoms with Crippen LogP contribution in [0.3, 0.4) is 0 Å². The first-order valence-corrected chi connectivity index (χ1v) is 12.0. The van der Waals surface area contributed by atoms with Crippen LogP contribution in [0.15, 0.2) is 66.9 Å². The number of fused-ring (bicyclic) bond motifs is 5. The number of piperidine rings is 1. The van der Waals surface area contributed by atoms with Crippen molar-refractivity contribution >= 4 is 6.09 Å². The normalized spacial score (nSPS) is 25.0. The predicted molar refractivity (Wildman–Crippen MR) is 129 cm³/mol. The summed E-state index contributed by atoms with van der Waals surface area (Å²) in [5.41, 5.74) is 4.25. The Bertz CT molecular complexity index is 1200. The lowest BCUT2D eigenvalue weighted by Crippen LogP contribution is -2.62. The Hall–Kier alpha value is -3.42. The summed E-state index contributed by atoms with van der Waals surface area (Å²) in [4.78, 5) is 19.4. The van der Waals surface area contributed by atoms with E-state index in [4.69, 9.17) is 14.2 Å². The number of carbonyl (C=O) groups is 1. The SMILES string of the molecule is COc1ncccc1C1(O)CC2COCC(C1)N2C(=O)OCC1c2ccccc2-c2ccccc21. The van der Waals surface area contributed by atoms with Crippen molar-refractivity contribution in [3.8, 4) is 17.0 Å². The molecule has 2 aromatic carbocycles. The molecule has 2 fully saturated rings. The molecule has 2 aliphatic heterocycles. The van der Waals surface area contributed by atoms with Crippen LogP contribution in [0, 0.1) is 0 Å². The van der Waals surface area contributed by atoms with E-state index in [0.29, 0.717) is 37.5 Å². The zero-order chi connectivity index (χ0) is 24.0. The van der Waals surface area contributed by atoms with E-state index < -0.39 is 5.60 Å². The van der Waals surface area contributed by atoms with E-state index in [0.717, 1.165) is 0 Å². The topological polar surface area (TPSA) is 81.1 Å². The third-order valence-electron chi connectivity index (χ3n) is 7.57. The smallest absolute Gasteiger partial charge is 0.410 e. The minimum atomic E-state index is -1.15. The second-order valence-corrected chi connectivity index (χ2v) is 9.56. The first kappa shape index (κ1) is 22.1. The summed E-state index contributed by atoms with van der Waals surface area (Å²) in [5, 5.41) is 11.6. The summed E-state index contributed by atoms with van der Waals surface area (Å²) in [5.74, 6) is 0.410. The first-order chi connectivity index (χ1) is 17.1. The summed E-state index contributed by atoms with van der Waals surface area (Å²) in [6.45, 7) is 0.974. The van der Waals surface area contributed by atoms with Gasteiger partial charge >= 0.3 is 6.09 Å². The molecule has 0 saturated carbocycles. The minimum absolute atomic E-state index is 0.00354. The van der Waals surface area contributed by atoms with Crippen molar-refractivity contribution in [1.29, 1.82) is 0 Å². The van der Waals surface area contributed by atoms with Gasteiger partial charge in [0, 0.05) is 30.5 Å². The summed E-state index contributed by atoms with van der Waals surface area (Å²) in [6, 6.07) is 19.6. The molecule has 0 spiro atoms. The highest BCUT2D eigenvalue weighted by molar-refractivity contribution is 5.79. The van der Waals surface area contributed by atoms with E-state index in [1.165, 1.54) is 22.3 Å². The second kappa shape index (κ2) is 8.66. The van der Waals surface area contributed by atoms with E-state index in [9.17, 15) is 9.90 Å². The molecule has 3 heterocycles. The van der Waals surface area contributed by atoms with Crippen LogP contribution in [0.25, 0.3) is 11.1 Å². The molecule has 1 N–H and O–H groups in total. The van der Waals surface area contributed by atoms with Crippen molar-refractivity contribution in [2.45, 2.75) is 36.4 Å². The van der Waals surface area contributed by atoms with Crippen LogP contribution in [0.2, 0.25) is 0 Å². The zero-order valence-electron chi connectivity index (χ0n) is 19.6. The van der Waals surface area contributed by atoms with Gasteiger partial charge in [-0.2, -0.15) is 0 Å². The fourth-order valence-corrected chi connectivity index (χ4v) is 6.07. The Labute approximate surface area is 204 Å². The van der Waals surface area contributed by atoms with Crippen LogP contribution in [-0.4, -0.2) is 60.1 Å². The molecule has 3 aliphatic rings. The Kier molecular flexibility index (Phi) is 5.46. The molecule has 0 radical (unpaired) electrons. The highest BCUT2D eigenvalue weighted by Crippen LogP contribution is 2.46. The number of ether oxygens (including phenoxy) is 3. The highest BCUT2D eigenvalue weighted by atomic mass is 16.6. The van der Waals surface area contributed by atoms with Gasteiger partial charge in [0.1, 0.15) is 6.61 Å². The third-order valence-corrected chi connectivity index (χ3v) is 7.57. The Morgan fingerprint density at radius 2 is 1.66 bits per heavy atom. The van der Waals surface area contributed by atoms with Gasteiger partial charge in [0.05, 0.1) is 38.0 Å². The third kappa shape index (κ3) is 3.66. The number of morpholine rings is 1. The Balaban J connectivity index is 1.21. The van der Waals surface area contributed by atoms with E-state index in [2.05, 4.69) is 29.2 Å². The molecule has 6 rings (SSSR count). The van der Waals surface area contributed by atoms with Crippen LogP contribution in [0.1, 0.15) is 35.4 Å². The lowest BCUT2D eigenvalue weighted by atomic mass is 9.77. The zero-order valence-corrected chi connectivity index (χ0v) is 19.6. The number of aromatic nitrogens is 1. The number of carbonyl (C=O) groups excluding carboxylic acids is 1. The largest absolute Gasteiger partial charge is 0.481 e. The van der Waals surface area contributed by atoms with Crippen LogP contribution in [-0.2, 0) is 15.1 Å². The van der Waals surface area contributed by atoms with Gasteiger partial charge in [-0.3, -0.25) is 4.90 Å². The standard InChI is InChI=1S/C28H28N2O5/c1-33-26-25(11-6-12-29-26)28(32)13-18-15-34-16-19(14-28)30(18)27(31)35-17-24-22-9-4-2-7-20(22)21-8-3-5-10-23(21)24/h2-12,18-19,24,32H,13-17H2,1H3. The van der Waals surface area contributed by atoms with Gasteiger partial charge in [-0.05, 0) is 34.4 Å². The van der Waals surface area contributed by atoms with Gasteiger partial charge in [-0.25, -0.2) is 9.78 Å². The maximum atomic E-state index is 13.4. The van der Waals surface area contributed by atoms with Gasteiger partial charge in [-0.15, -0.1) is 0 Å². The number of aliphatic hydroxyl groups is 1. The molecule has 2 atom stereocenters. The Morgan fingerprint density at radius 3 is 2.29 bits per heavy atom. The van der Waals surface area contributed by atoms with Crippen molar-refractivity contribution in [3.63, 3.8) is 0 Å². The molecule has 7 nitrogen and oxygen atoms in total. The molecule has 1 aliphatic carbocycles. The molecular formula is C28H28N2O5. The van der Waals surface area contributed by atoms with Crippen molar-refractivity contribution < 1.29 is 24.1 Å². The van der Waals surface area contributed by atoms with Crippen LogP contribution >= 0.6 is 0 Å². The van der Waals surface area contributed by atoms with E-state index in [1.54, 1.807) is 24.3 Å². The van der Waals surface area contributed by atoms with Crippen molar-refractivity contribution in [3.05, 3.63) is 83.6 Å². The summed E-state index contributed by atoms with van der Waals surface area (Å²) in [7, 11) is 1.55. The number of benzene rings is 2. The molecule has 2 bridgehead atoms. The minimum Gasteiger partial charge on any atom is -0.481 e. The van der Waals surface area contributed by atoms with Crippen LogP contribution < -0.4 is 4.74 Å². The van der Waals surface area contributed by atoms with E-state index in [-0.39, 0.29) is 30.7 Å². The number of rotatable bonds is 4. The summed E-state index contributed by atoms with van der Waals surface area (Å²) < 4.78 is 17.1. The second-order valence-electron chi connectivity index (χ2n) is 9.56. The lowest BCUT2D eigenvalue weighted by molar-refractivity contribution is -0.137. The maximum absolute atomic E-state index is 13.4. The molecule has 180 valence electrons. The summed E-state index contributed by atoms with van der Waals surface area (Å²) >= 11 is 0. The molecule has 2 saturated heterocycles. The maximum Gasteiger partial charge on any atom is 0.410 e. The van der Waals surface area contributed by atoms with Gasteiger partial charge < -0.3 is 19.3 Å². The lowest BCUT2D eigenvalue weighted by Gasteiger charge is -2.51. The molecular weight excluding hydrogens is 444 g/mol. The average molecular weight is 473 g/mol. The number of hydrogen-bond acceptors (Lipinski definition) is 6. The predicted octanol–water partition coefficient (Wildman–Crippen LogP) is 4.09. The number of hydrogen-bond donors (Lipinski definition) is 1. The first-order valence-electron chi connectivity index (χ1n) is 12.0. The van der Waals surface area contributed by atoms with Gasteiger partial charge in [0.15, 0.2) is 0 Å². The number of amides is 1. The van der Waals surface area contributed by atoms with E-state index >= 15 is 0 Å². The molecule has 35 heavy (non-hydrogen) atoms. The molecule has 3 aromatic rings. The van der Waals surface area contributed by atoms with Crippen molar-refractivity contribution in [1.82, 2.24) is 9.88 Å². The van der Waals surface area contributed by atoms with E-state index in [1.807, 2.05) is 30.3 Å². The van der Waals surface area contributed by atoms with Gasteiger partial charge in [0.25, 0.3) is 0 Å². The fraction of sp³-hybridized carbons (Fsp3) is 0.357. The highest BCUT2D eigenvalue weighted by Gasteiger charge is 2.50. The number of pyridine rings is 1.